The molecular formula is C17H19N3O3. The molecule has 0 saturated carbocycles. The van der Waals surface area contributed by atoms with E-state index < -0.39 is 0 Å². The molecule has 6 nitrogen and oxygen atoms in total. The molecular weight excluding hydrogens is 294 g/mol. The number of anilines is 2. The highest BCUT2D eigenvalue weighted by molar-refractivity contribution is 5.91. The van der Waals surface area contributed by atoms with E-state index >= 15 is 0 Å². The normalized spacial score (nSPS) is 14.7. The molecule has 2 aromatic rings. The Morgan fingerprint density at radius 1 is 1.09 bits per heavy atom. The average molecular weight is 313 g/mol. The van der Waals surface area contributed by atoms with Crippen LogP contribution in [0.1, 0.15) is 17.5 Å². The molecule has 1 aromatic heterocycles. The van der Waals surface area contributed by atoms with Crippen molar-refractivity contribution in [3.05, 3.63) is 48.4 Å². The number of carbonyl (C=O) groups excluding carboxylic acids is 2. The van der Waals surface area contributed by atoms with Crippen LogP contribution in [0.4, 0.5) is 11.4 Å². The minimum Gasteiger partial charge on any atom is -0.459 e. The molecule has 1 aliphatic heterocycles. The molecule has 120 valence electrons. The van der Waals surface area contributed by atoms with E-state index in [1.807, 2.05) is 24.3 Å². The van der Waals surface area contributed by atoms with Gasteiger partial charge in [0, 0.05) is 44.5 Å². The quantitative estimate of drug-likeness (QED) is 0.943. The van der Waals surface area contributed by atoms with Crippen molar-refractivity contribution in [2.24, 2.45) is 0 Å². The first-order valence-corrected chi connectivity index (χ1v) is 7.59. The van der Waals surface area contributed by atoms with Crippen molar-refractivity contribution in [2.45, 2.75) is 6.92 Å². The van der Waals surface area contributed by atoms with Crippen LogP contribution in [-0.2, 0) is 4.79 Å². The van der Waals surface area contributed by atoms with Crippen molar-refractivity contribution in [3.8, 4) is 0 Å². The summed E-state index contributed by atoms with van der Waals surface area (Å²) in [6.45, 7) is 4.27. The van der Waals surface area contributed by atoms with E-state index in [0.717, 1.165) is 24.5 Å². The summed E-state index contributed by atoms with van der Waals surface area (Å²) in [5.74, 6) is 0.226. The number of carbonyl (C=O) groups is 2. The smallest absolute Gasteiger partial charge is 0.289 e. The standard InChI is InChI=1S/C17H19N3O3/c1-13(21)18-14-4-2-5-15(12-14)19-7-9-20(10-8-19)17(22)16-6-3-11-23-16/h2-6,11-12H,7-10H2,1H3,(H,18,21). The fourth-order valence-electron chi connectivity index (χ4n) is 2.71. The minimum atomic E-state index is -0.0870. The molecule has 1 saturated heterocycles. The third kappa shape index (κ3) is 3.53. The first-order chi connectivity index (χ1) is 11.1. The monoisotopic (exact) mass is 313 g/mol. The lowest BCUT2D eigenvalue weighted by atomic mass is 10.2. The first-order valence-electron chi connectivity index (χ1n) is 7.59. The molecule has 3 rings (SSSR count). The van der Waals surface area contributed by atoms with Gasteiger partial charge in [0.1, 0.15) is 0 Å². The summed E-state index contributed by atoms with van der Waals surface area (Å²) in [6.07, 6.45) is 1.51. The van der Waals surface area contributed by atoms with Crippen LogP contribution < -0.4 is 10.2 Å². The van der Waals surface area contributed by atoms with Crippen molar-refractivity contribution in [1.29, 1.82) is 0 Å². The van der Waals surface area contributed by atoms with Crippen LogP contribution in [-0.4, -0.2) is 42.9 Å². The van der Waals surface area contributed by atoms with Crippen LogP contribution in [0.2, 0.25) is 0 Å². The number of benzene rings is 1. The molecule has 0 aliphatic carbocycles. The van der Waals surface area contributed by atoms with Gasteiger partial charge in [-0.25, -0.2) is 0 Å². The lowest BCUT2D eigenvalue weighted by Gasteiger charge is -2.35. The Morgan fingerprint density at radius 3 is 2.52 bits per heavy atom. The van der Waals surface area contributed by atoms with Crippen molar-refractivity contribution in [1.82, 2.24) is 4.90 Å². The second kappa shape index (κ2) is 6.56. The fourth-order valence-corrected chi connectivity index (χ4v) is 2.71. The molecule has 6 heteroatoms. The molecule has 1 aromatic carbocycles. The second-order valence-electron chi connectivity index (χ2n) is 5.49. The molecule has 0 radical (unpaired) electrons. The number of hydrogen-bond donors (Lipinski definition) is 1. The molecule has 0 bridgehead atoms. The molecule has 0 spiro atoms. The van der Waals surface area contributed by atoms with E-state index in [9.17, 15) is 9.59 Å². The zero-order chi connectivity index (χ0) is 16.2. The molecule has 1 aliphatic rings. The summed E-state index contributed by atoms with van der Waals surface area (Å²) in [4.78, 5) is 27.4. The predicted octanol–water partition coefficient (Wildman–Crippen LogP) is 2.20. The maximum atomic E-state index is 12.2. The van der Waals surface area contributed by atoms with E-state index in [1.165, 1.54) is 13.2 Å². The number of nitrogens with zero attached hydrogens (tertiary/aromatic N) is 2. The van der Waals surface area contributed by atoms with Crippen LogP contribution >= 0.6 is 0 Å². The van der Waals surface area contributed by atoms with Gasteiger partial charge in [0.05, 0.1) is 6.26 Å². The van der Waals surface area contributed by atoms with Gasteiger partial charge in [-0.05, 0) is 30.3 Å². The van der Waals surface area contributed by atoms with Gasteiger partial charge < -0.3 is 19.5 Å². The summed E-state index contributed by atoms with van der Waals surface area (Å²) in [5, 5.41) is 2.79. The topological polar surface area (TPSA) is 65.8 Å². The van der Waals surface area contributed by atoms with Gasteiger partial charge in [0.25, 0.3) is 5.91 Å². The number of amides is 2. The molecule has 1 fully saturated rings. The van der Waals surface area contributed by atoms with Gasteiger partial charge in [0.15, 0.2) is 5.76 Å². The SMILES string of the molecule is CC(=O)Nc1cccc(N2CCN(C(=O)c3ccco3)CC2)c1. The second-order valence-corrected chi connectivity index (χ2v) is 5.49. The maximum Gasteiger partial charge on any atom is 0.289 e. The summed E-state index contributed by atoms with van der Waals surface area (Å²) in [7, 11) is 0. The Kier molecular flexibility index (Phi) is 4.32. The van der Waals surface area contributed by atoms with Gasteiger partial charge in [-0.3, -0.25) is 9.59 Å². The van der Waals surface area contributed by atoms with E-state index in [2.05, 4.69) is 10.2 Å². The van der Waals surface area contributed by atoms with E-state index in [4.69, 9.17) is 4.42 Å². The maximum absolute atomic E-state index is 12.2. The Hall–Kier alpha value is -2.76. The molecule has 2 amide bonds. The van der Waals surface area contributed by atoms with Crippen molar-refractivity contribution in [3.63, 3.8) is 0 Å². The largest absolute Gasteiger partial charge is 0.459 e. The van der Waals surface area contributed by atoms with Crippen LogP contribution in [0.5, 0.6) is 0 Å². The molecule has 0 atom stereocenters. The van der Waals surface area contributed by atoms with Gasteiger partial charge in [-0.1, -0.05) is 6.07 Å². The molecule has 1 N–H and O–H groups in total. The van der Waals surface area contributed by atoms with Crippen LogP contribution in [0.3, 0.4) is 0 Å². The third-order valence-electron chi connectivity index (χ3n) is 3.83. The Bertz CT molecular complexity index is 689. The lowest BCUT2D eigenvalue weighted by Crippen LogP contribution is -2.48. The van der Waals surface area contributed by atoms with Gasteiger partial charge in [-0.2, -0.15) is 0 Å². The predicted molar refractivity (Wildman–Crippen MR) is 87.6 cm³/mol. The number of piperazine rings is 1. The van der Waals surface area contributed by atoms with Gasteiger partial charge >= 0.3 is 0 Å². The number of rotatable bonds is 3. The number of furan rings is 1. The fraction of sp³-hybridized carbons (Fsp3) is 0.294. The van der Waals surface area contributed by atoms with E-state index in [-0.39, 0.29) is 11.8 Å². The third-order valence-corrected chi connectivity index (χ3v) is 3.83. The number of nitrogens with one attached hydrogen (secondary N) is 1. The first kappa shape index (κ1) is 15.1. The Morgan fingerprint density at radius 2 is 1.87 bits per heavy atom. The summed E-state index contributed by atoms with van der Waals surface area (Å²) < 4.78 is 5.17. The van der Waals surface area contributed by atoms with Crippen LogP contribution in [0.15, 0.2) is 47.1 Å². The minimum absolute atomic E-state index is 0.0679. The summed E-state index contributed by atoms with van der Waals surface area (Å²) in [5.41, 5.74) is 1.82. The highest BCUT2D eigenvalue weighted by atomic mass is 16.3. The summed E-state index contributed by atoms with van der Waals surface area (Å²) in [6, 6.07) is 11.1. The molecule has 2 heterocycles. The summed E-state index contributed by atoms with van der Waals surface area (Å²) >= 11 is 0. The lowest BCUT2D eigenvalue weighted by molar-refractivity contribution is -0.114. The van der Waals surface area contributed by atoms with E-state index in [1.54, 1.807) is 17.0 Å². The highest BCUT2D eigenvalue weighted by Gasteiger charge is 2.23. The zero-order valence-electron chi connectivity index (χ0n) is 13.0. The number of hydrogen-bond acceptors (Lipinski definition) is 4. The van der Waals surface area contributed by atoms with Crippen molar-refractivity contribution >= 4 is 23.2 Å². The van der Waals surface area contributed by atoms with Crippen molar-refractivity contribution < 1.29 is 14.0 Å². The van der Waals surface area contributed by atoms with Gasteiger partial charge in [-0.15, -0.1) is 0 Å². The van der Waals surface area contributed by atoms with Crippen LogP contribution in [0.25, 0.3) is 0 Å². The average Bonchev–Trinajstić information content (AvgIpc) is 3.08. The molecule has 0 unspecified atom stereocenters. The van der Waals surface area contributed by atoms with Crippen molar-refractivity contribution in [2.75, 3.05) is 36.4 Å². The van der Waals surface area contributed by atoms with E-state index in [0.29, 0.717) is 18.8 Å². The van der Waals surface area contributed by atoms with Gasteiger partial charge in [0.2, 0.25) is 5.91 Å². The Labute approximate surface area is 134 Å². The molecule has 23 heavy (non-hydrogen) atoms. The van der Waals surface area contributed by atoms with Crippen LogP contribution in [0, 0.1) is 0 Å². The Balaban J connectivity index is 1.63. The highest BCUT2D eigenvalue weighted by Crippen LogP contribution is 2.21. The zero-order valence-corrected chi connectivity index (χ0v) is 13.0.